The van der Waals surface area contributed by atoms with E-state index in [1.54, 1.807) is 27.7 Å². The molecule has 6 heteroatoms. The molecule has 1 rings (SSSR count). The van der Waals surface area contributed by atoms with Crippen molar-refractivity contribution in [3.8, 4) is 5.75 Å². The summed E-state index contributed by atoms with van der Waals surface area (Å²) in [6.45, 7) is 8.62. The molecule has 0 atom stereocenters. The van der Waals surface area contributed by atoms with Crippen LogP contribution in [-0.2, 0) is 9.47 Å². The van der Waals surface area contributed by atoms with Crippen LogP contribution < -0.4 is 0 Å². The third-order valence-electron chi connectivity index (χ3n) is 2.82. The Morgan fingerprint density at radius 3 is 1.95 bits per heavy atom. The maximum Gasteiger partial charge on any atom is 0.339 e. The average Bonchev–Trinajstić information content (AvgIpc) is 2.38. The Morgan fingerprint density at radius 1 is 1.05 bits per heavy atom. The van der Waals surface area contributed by atoms with E-state index in [0.717, 1.165) is 6.07 Å². The molecule has 1 aromatic carbocycles. The van der Waals surface area contributed by atoms with Crippen molar-refractivity contribution >= 4 is 11.8 Å². The lowest BCUT2D eigenvalue weighted by Crippen LogP contribution is -2.32. The van der Waals surface area contributed by atoms with Gasteiger partial charge in [-0.25, -0.2) is 4.79 Å². The van der Waals surface area contributed by atoms with E-state index in [1.807, 2.05) is 0 Å². The quantitative estimate of drug-likeness (QED) is 0.594. The fourth-order valence-electron chi connectivity index (χ4n) is 1.87. The van der Waals surface area contributed by atoms with E-state index >= 15 is 0 Å². The molecule has 0 aliphatic rings. The lowest BCUT2D eigenvalue weighted by molar-refractivity contribution is -0.152. The molecule has 6 nitrogen and oxygen atoms in total. The molecule has 1 aromatic rings. The van der Waals surface area contributed by atoms with Gasteiger partial charge in [-0.15, -0.1) is 0 Å². The summed E-state index contributed by atoms with van der Waals surface area (Å²) < 4.78 is 10.9. The first-order valence-corrected chi connectivity index (χ1v) is 7.05. The highest BCUT2D eigenvalue weighted by molar-refractivity contribution is 6.02. The van der Waals surface area contributed by atoms with E-state index in [-0.39, 0.29) is 29.1 Å². The van der Waals surface area contributed by atoms with E-state index in [0.29, 0.717) is 5.56 Å². The number of aromatic hydroxyl groups is 1. The van der Waals surface area contributed by atoms with Crippen molar-refractivity contribution in [1.82, 2.24) is 0 Å². The van der Waals surface area contributed by atoms with Gasteiger partial charge in [0.2, 0.25) is 12.1 Å². The summed E-state index contributed by atoms with van der Waals surface area (Å²) in [5, 5.41) is 18.8. The number of ether oxygens (including phenoxy) is 2. The van der Waals surface area contributed by atoms with Gasteiger partial charge >= 0.3 is 5.97 Å². The van der Waals surface area contributed by atoms with Gasteiger partial charge in [0, 0.05) is 5.56 Å². The molecule has 0 aliphatic carbocycles. The molecule has 0 amide bonds. The normalized spacial score (nSPS) is 11.5. The van der Waals surface area contributed by atoms with Gasteiger partial charge in [0.05, 0.1) is 12.2 Å². The maximum absolute atomic E-state index is 12.5. The highest BCUT2D eigenvalue weighted by Gasteiger charge is 2.26. The average molecular weight is 310 g/mol. The molecule has 0 radical (unpaired) electrons. The predicted molar refractivity (Wildman–Crippen MR) is 80.4 cm³/mol. The molecular weight excluding hydrogens is 288 g/mol. The Labute approximate surface area is 129 Å². The molecule has 0 saturated heterocycles. The van der Waals surface area contributed by atoms with Gasteiger partial charge in [-0.05, 0) is 52.3 Å². The third kappa shape index (κ3) is 4.54. The van der Waals surface area contributed by atoms with Crippen molar-refractivity contribution in [3.63, 3.8) is 0 Å². The molecule has 0 aromatic heterocycles. The van der Waals surface area contributed by atoms with Gasteiger partial charge in [-0.2, -0.15) is 0 Å². The zero-order valence-electron chi connectivity index (χ0n) is 13.4. The van der Waals surface area contributed by atoms with Gasteiger partial charge in [-0.1, -0.05) is 0 Å². The number of aryl methyl sites for hydroxylation is 1. The van der Waals surface area contributed by atoms with Crippen LogP contribution in [0.3, 0.4) is 0 Å². The van der Waals surface area contributed by atoms with E-state index in [2.05, 4.69) is 0 Å². The lowest BCUT2D eigenvalue weighted by Gasteiger charge is -2.22. The van der Waals surface area contributed by atoms with Crippen LogP contribution in [0, 0.1) is 6.92 Å². The number of Topliss-reactive ketones (excluding diaryl/α,β-unsaturated/α-hetero) is 1. The van der Waals surface area contributed by atoms with Crippen molar-refractivity contribution in [2.75, 3.05) is 0 Å². The summed E-state index contributed by atoms with van der Waals surface area (Å²) in [6, 6.07) is 2.55. The second-order valence-corrected chi connectivity index (χ2v) is 5.56. The number of hydrogen-bond acceptors (Lipinski definition) is 5. The molecule has 0 aliphatic heterocycles. The number of rotatable bonds is 7. The van der Waals surface area contributed by atoms with Crippen molar-refractivity contribution in [3.05, 3.63) is 28.8 Å². The SMILES string of the molecule is Cc1cc(C(=O)C(OC(C)C)OC(C)C)cc(C(=O)O)c1O. The van der Waals surface area contributed by atoms with Gasteiger partial charge in [-0.3, -0.25) is 4.79 Å². The second kappa shape index (κ2) is 7.38. The summed E-state index contributed by atoms with van der Waals surface area (Å²) in [7, 11) is 0. The van der Waals surface area contributed by atoms with Gasteiger partial charge in [0.25, 0.3) is 0 Å². The van der Waals surface area contributed by atoms with Crippen LogP contribution in [0.2, 0.25) is 0 Å². The fraction of sp³-hybridized carbons (Fsp3) is 0.500. The third-order valence-corrected chi connectivity index (χ3v) is 2.82. The molecule has 0 saturated carbocycles. The topological polar surface area (TPSA) is 93.1 Å². The van der Waals surface area contributed by atoms with Gasteiger partial charge < -0.3 is 19.7 Å². The van der Waals surface area contributed by atoms with Crippen molar-refractivity contribution in [2.45, 2.75) is 53.1 Å². The zero-order chi connectivity index (χ0) is 17.0. The monoisotopic (exact) mass is 310 g/mol. The number of aromatic carboxylic acids is 1. The van der Waals surface area contributed by atoms with Crippen LogP contribution in [0.25, 0.3) is 0 Å². The van der Waals surface area contributed by atoms with Crippen LogP contribution in [0.5, 0.6) is 5.75 Å². The fourth-order valence-corrected chi connectivity index (χ4v) is 1.87. The molecule has 0 fully saturated rings. The smallest absolute Gasteiger partial charge is 0.339 e. The number of carboxylic acid groups (broad SMARTS) is 1. The highest BCUT2D eigenvalue weighted by atomic mass is 16.7. The Morgan fingerprint density at radius 2 is 1.55 bits per heavy atom. The molecule has 0 bridgehead atoms. The number of carboxylic acids is 1. The van der Waals surface area contributed by atoms with Gasteiger partial charge in [0.1, 0.15) is 11.3 Å². The minimum Gasteiger partial charge on any atom is -0.507 e. The minimum atomic E-state index is -1.30. The molecule has 122 valence electrons. The van der Waals surface area contributed by atoms with E-state index in [1.165, 1.54) is 13.0 Å². The van der Waals surface area contributed by atoms with E-state index in [4.69, 9.17) is 14.6 Å². The Balaban J connectivity index is 3.20. The van der Waals surface area contributed by atoms with Crippen LogP contribution in [0.15, 0.2) is 12.1 Å². The number of phenols is 1. The van der Waals surface area contributed by atoms with Crippen molar-refractivity contribution < 1.29 is 29.3 Å². The molecule has 22 heavy (non-hydrogen) atoms. The lowest BCUT2D eigenvalue weighted by atomic mass is 10.0. The van der Waals surface area contributed by atoms with Crippen LogP contribution in [0.4, 0.5) is 0 Å². The second-order valence-electron chi connectivity index (χ2n) is 5.56. The van der Waals surface area contributed by atoms with Crippen molar-refractivity contribution in [1.29, 1.82) is 0 Å². The summed E-state index contributed by atoms with van der Waals surface area (Å²) >= 11 is 0. The Bertz CT molecular complexity index is 552. The van der Waals surface area contributed by atoms with E-state index in [9.17, 15) is 14.7 Å². The first-order chi connectivity index (χ1) is 10.1. The number of hydrogen-bond donors (Lipinski definition) is 2. The predicted octanol–water partition coefficient (Wildman–Crippen LogP) is 2.76. The summed E-state index contributed by atoms with van der Waals surface area (Å²) in [4.78, 5) is 23.7. The zero-order valence-corrected chi connectivity index (χ0v) is 13.4. The molecule has 0 unspecified atom stereocenters. The highest BCUT2D eigenvalue weighted by Crippen LogP contribution is 2.25. The first kappa shape index (κ1) is 18.1. The number of ketones is 1. The van der Waals surface area contributed by atoms with Crippen LogP contribution in [-0.4, -0.2) is 40.5 Å². The van der Waals surface area contributed by atoms with E-state index < -0.39 is 18.0 Å². The Hall–Kier alpha value is -1.92. The first-order valence-electron chi connectivity index (χ1n) is 7.05. The standard InChI is InChI=1S/C16H22O6/c1-8(2)21-16(22-9(3)4)14(18)11-6-10(5)13(17)12(7-11)15(19)20/h6-9,16-17H,1-5H3,(H,19,20). The largest absolute Gasteiger partial charge is 0.507 e. The molecule has 0 heterocycles. The van der Waals surface area contributed by atoms with Gasteiger partial charge in [0.15, 0.2) is 0 Å². The summed E-state index contributed by atoms with van der Waals surface area (Å²) in [5.41, 5.74) is 0.103. The number of carbonyl (C=O) groups excluding carboxylic acids is 1. The summed E-state index contributed by atoms with van der Waals surface area (Å²) in [5.74, 6) is -2.13. The molecular formula is C16H22O6. The van der Waals surface area contributed by atoms with Crippen molar-refractivity contribution in [2.24, 2.45) is 0 Å². The Kier molecular flexibility index (Phi) is 6.08. The van der Waals surface area contributed by atoms with Crippen LogP contribution in [0.1, 0.15) is 54.0 Å². The number of benzene rings is 1. The molecule has 2 N–H and O–H groups in total. The minimum absolute atomic E-state index is 0.124. The maximum atomic E-state index is 12.5. The van der Waals surface area contributed by atoms with Crippen LogP contribution >= 0.6 is 0 Å². The number of carbonyl (C=O) groups is 2. The summed E-state index contributed by atoms with van der Waals surface area (Å²) in [6.07, 6.45) is -1.58. The molecule has 0 spiro atoms.